The van der Waals surface area contributed by atoms with Crippen molar-refractivity contribution in [2.75, 3.05) is 13.7 Å². The molecule has 3 heteroatoms. The van der Waals surface area contributed by atoms with Crippen LogP contribution in [0, 0.1) is 20.8 Å². The van der Waals surface area contributed by atoms with Gasteiger partial charge < -0.3 is 9.47 Å². The number of hydrogen-bond donors (Lipinski definition) is 0. The number of aryl methyl sites for hydroxylation is 4. The summed E-state index contributed by atoms with van der Waals surface area (Å²) in [5, 5.41) is 2.41. The van der Waals surface area contributed by atoms with Gasteiger partial charge in [0, 0.05) is 11.6 Å². The van der Waals surface area contributed by atoms with Crippen LogP contribution in [0.1, 0.15) is 23.6 Å². The van der Waals surface area contributed by atoms with E-state index in [1.807, 2.05) is 13.0 Å². The highest BCUT2D eigenvalue weighted by molar-refractivity contribution is 6.09. The second-order valence-corrected chi connectivity index (χ2v) is 7.70. The van der Waals surface area contributed by atoms with E-state index in [-0.39, 0.29) is 0 Å². The average molecular weight is 387 g/mol. The maximum atomic E-state index is 5.84. The molecular weight excluding hydrogens is 358 g/mol. The van der Waals surface area contributed by atoms with Crippen molar-refractivity contribution in [1.82, 2.24) is 0 Å². The lowest BCUT2D eigenvalue weighted by Gasteiger charge is -2.17. The smallest absolute Gasteiger partial charge is 0.217 e. The van der Waals surface area contributed by atoms with Gasteiger partial charge in [0.15, 0.2) is 0 Å². The zero-order valence-electron chi connectivity index (χ0n) is 18.1. The predicted molar refractivity (Wildman–Crippen MR) is 120 cm³/mol. The molecule has 0 fully saturated rings. The molecule has 29 heavy (non-hydrogen) atoms. The zero-order valence-corrected chi connectivity index (χ0v) is 18.1. The van der Waals surface area contributed by atoms with Gasteiger partial charge in [0.1, 0.15) is 18.5 Å². The Bertz CT molecular complexity index is 1220. The molecule has 3 nitrogen and oxygen atoms in total. The number of benzene rings is 3. The Balaban J connectivity index is 2.22. The Morgan fingerprint density at radius 1 is 0.759 bits per heavy atom. The molecule has 0 aliphatic heterocycles. The molecule has 0 saturated carbocycles. The molecule has 0 saturated heterocycles. The summed E-state index contributed by atoms with van der Waals surface area (Å²) in [6.45, 7) is 9.24. The number of fused-ring (bicyclic) bond motifs is 2. The van der Waals surface area contributed by atoms with Crippen molar-refractivity contribution >= 4 is 21.8 Å². The second kappa shape index (κ2) is 7.40. The Labute approximate surface area is 172 Å². The van der Waals surface area contributed by atoms with E-state index in [2.05, 4.69) is 74.9 Å². The van der Waals surface area contributed by atoms with Crippen LogP contribution in [-0.2, 0) is 7.05 Å². The van der Waals surface area contributed by atoms with Crippen molar-refractivity contribution in [3.05, 3.63) is 65.2 Å². The Hall–Kier alpha value is -3.07. The van der Waals surface area contributed by atoms with E-state index in [0.717, 1.165) is 17.0 Å². The molecule has 4 aromatic rings. The minimum Gasteiger partial charge on any atom is -0.497 e. The highest BCUT2D eigenvalue weighted by atomic mass is 16.5. The van der Waals surface area contributed by atoms with Gasteiger partial charge in [0.25, 0.3) is 0 Å². The van der Waals surface area contributed by atoms with Crippen molar-refractivity contribution in [2.24, 2.45) is 7.05 Å². The molecule has 0 bridgehead atoms. The summed E-state index contributed by atoms with van der Waals surface area (Å²) < 4.78 is 13.6. The van der Waals surface area contributed by atoms with Crippen LogP contribution in [0.3, 0.4) is 0 Å². The molecule has 0 aliphatic rings. The first-order valence-corrected chi connectivity index (χ1v) is 10.1. The lowest BCUT2D eigenvalue weighted by molar-refractivity contribution is -0.617. The van der Waals surface area contributed by atoms with Crippen LogP contribution >= 0.6 is 0 Å². The number of rotatable bonds is 4. The minimum absolute atomic E-state index is 0.653. The molecule has 0 amide bonds. The first kappa shape index (κ1) is 19.3. The zero-order chi connectivity index (χ0) is 20.7. The van der Waals surface area contributed by atoms with Gasteiger partial charge in [-0.2, -0.15) is 4.57 Å². The maximum absolute atomic E-state index is 5.84. The van der Waals surface area contributed by atoms with Gasteiger partial charge in [0.05, 0.1) is 30.6 Å². The van der Waals surface area contributed by atoms with Gasteiger partial charge in [0.2, 0.25) is 11.0 Å². The lowest BCUT2D eigenvalue weighted by Crippen LogP contribution is -2.30. The molecule has 0 unspecified atom stereocenters. The second-order valence-electron chi connectivity index (χ2n) is 7.70. The molecule has 0 atom stereocenters. The van der Waals surface area contributed by atoms with E-state index >= 15 is 0 Å². The fraction of sp³-hybridized carbons (Fsp3) is 0.269. The third kappa shape index (κ3) is 3.21. The van der Waals surface area contributed by atoms with Gasteiger partial charge >= 0.3 is 0 Å². The van der Waals surface area contributed by atoms with E-state index < -0.39 is 0 Å². The summed E-state index contributed by atoms with van der Waals surface area (Å²) in [4.78, 5) is 0. The fourth-order valence-corrected chi connectivity index (χ4v) is 4.51. The topological polar surface area (TPSA) is 22.3 Å². The Morgan fingerprint density at radius 2 is 1.45 bits per heavy atom. The van der Waals surface area contributed by atoms with Gasteiger partial charge in [-0.15, -0.1) is 0 Å². The van der Waals surface area contributed by atoms with Crippen LogP contribution in [0.2, 0.25) is 0 Å². The third-order valence-corrected chi connectivity index (χ3v) is 5.67. The molecule has 148 valence electrons. The highest BCUT2D eigenvalue weighted by Crippen LogP contribution is 2.40. The van der Waals surface area contributed by atoms with E-state index in [9.17, 15) is 0 Å². The van der Waals surface area contributed by atoms with Gasteiger partial charge in [-0.1, -0.05) is 17.7 Å². The van der Waals surface area contributed by atoms with Crippen molar-refractivity contribution in [1.29, 1.82) is 0 Å². The Kier molecular flexibility index (Phi) is 4.91. The summed E-state index contributed by atoms with van der Waals surface area (Å²) in [6.07, 6.45) is 0. The van der Waals surface area contributed by atoms with Gasteiger partial charge in [-0.3, -0.25) is 0 Å². The number of hydrogen-bond acceptors (Lipinski definition) is 2. The maximum Gasteiger partial charge on any atom is 0.217 e. The van der Waals surface area contributed by atoms with Crippen LogP contribution in [0.4, 0.5) is 0 Å². The molecule has 0 aliphatic carbocycles. The third-order valence-electron chi connectivity index (χ3n) is 5.67. The lowest BCUT2D eigenvalue weighted by atomic mass is 9.88. The molecule has 3 aromatic carbocycles. The van der Waals surface area contributed by atoms with Crippen LogP contribution in [0.5, 0.6) is 11.5 Å². The summed E-state index contributed by atoms with van der Waals surface area (Å²) in [5.74, 6) is 1.76. The monoisotopic (exact) mass is 386 g/mol. The standard InChI is InChI=1S/C26H28NO2/c1-7-29-20-9-11-23-22(14-20)26(25-17(3)12-16(2)13-18(25)4)21-10-8-19(28-6)15-24(21)27(23)5/h8-15H,7H2,1-6H3/q+1. The summed E-state index contributed by atoms with van der Waals surface area (Å²) in [7, 11) is 3.83. The van der Waals surface area contributed by atoms with Crippen molar-refractivity contribution < 1.29 is 14.0 Å². The van der Waals surface area contributed by atoms with E-state index in [1.165, 1.54) is 44.1 Å². The highest BCUT2D eigenvalue weighted by Gasteiger charge is 2.22. The number of methoxy groups -OCH3 is 1. The largest absolute Gasteiger partial charge is 0.497 e. The molecule has 0 spiro atoms. The van der Waals surface area contributed by atoms with E-state index in [4.69, 9.17) is 9.47 Å². The quantitative estimate of drug-likeness (QED) is 0.326. The van der Waals surface area contributed by atoms with Crippen LogP contribution < -0.4 is 14.0 Å². The molecule has 0 N–H and O–H groups in total. The van der Waals surface area contributed by atoms with E-state index in [1.54, 1.807) is 7.11 Å². The number of pyridine rings is 1. The first-order chi connectivity index (χ1) is 13.9. The van der Waals surface area contributed by atoms with Crippen LogP contribution in [-0.4, -0.2) is 13.7 Å². The average Bonchev–Trinajstić information content (AvgIpc) is 2.69. The summed E-state index contributed by atoms with van der Waals surface area (Å²) in [5.41, 5.74) is 8.74. The fourth-order valence-electron chi connectivity index (χ4n) is 4.51. The SMILES string of the molecule is CCOc1ccc2c(c1)c(-c1c(C)cc(C)cc1C)c1ccc(OC)cc1[n+]2C. The predicted octanol–water partition coefficient (Wildman–Crippen LogP) is 5.82. The number of nitrogens with zero attached hydrogens (tertiary/aromatic N) is 1. The van der Waals surface area contributed by atoms with Crippen molar-refractivity contribution in [3.63, 3.8) is 0 Å². The molecule has 4 rings (SSSR count). The summed E-state index contributed by atoms with van der Waals surface area (Å²) >= 11 is 0. The van der Waals surface area contributed by atoms with Crippen LogP contribution in [0.15, 0.2) is 48.5 Å². The molecular formula is C26H28NO2+. The van der Waals surface area contributed by atoms with Gasteiger partial charge in [-0.25, -0.2) is 0 Å². The summed E-state index contributed by atoms with van der Waals surface area (Å²) in [6, 6.07) is 17.3. The molecule has 1 aromatic heterocycles. The number of aromatic nitrogens is 1. The van der Waals surface area contributed by atoms with Gasteiger partial charge in [-0.05, 0) is 68.7 Å². The van der Waals surface area contributed by atoms with Crippen LogP contribution in [0.25, 0.3) is 32.9 Å². The Morgan fingerprint density at radius 3 is 2.10 bits per heavy atom. The van der Waals surface area contributed by atoms with Crippen molar-refractivity contribution in [3.8, 4) is 22.6 Å². The normalized spacial score (nSPS) is 11.2. The first-order valence-electron chi connectivity index (χ1n) is 10.1. The molecule has 0 radical (unpaired) electrons. The number of ether oxygens (including phenoxy) is 2. The minimum atomic E-state index is 0.653. The van der Waals surface area contributed by atoms with E-state index in [0.29, 0.717) is 6.61 Å². The van der Waals surface area contributed by atoms with Crippen molar-refractivity contribution in [2.45, 2.75) is 27.7 Å². The molecule has 1 heterocycles.